The van der Waals surface area contributed by atoms with E-state index in [1.165, 1.54) is 0 Å². The molecule has 29 heavy (non-hydrogen) atoms. The smallest absolute Gasteiger partial charge is 0.349 e. The zero-order valence-electron chi connectivity index (χ0n) is 15.1. The first kappa shape index (κ1) is 18.8. The van der Waals surface area contributed by atoms with Gasteiger partial charge in [0.25, 0.3) is 0 Å². The quantitative estimate of drug-likeness (QED) is 0.431. The Kier molecular flexibility index (Phi) is 5.31. The first-order chi connectivity index (χ1) is 14.1. The molecule has 0 fully saturated rings. The molecule has 0 unspecified atom stereocenters. The fraction of sp³-hybridized carbons (Fsp3) is 0.0435. The Labute approximate surface area is 171 Å². The zero-order chi connectivity index (χ0) is 20.2. The van der Waals surface area contributed by atoms with Gasteiger partial charge in [-0.15, -0.1) is 0 Å². The first-order valence-electron chi connectivity index (χ1n) is 8.82. The summed E-state index contributed by atoms with van der Waals surface area (Å²) in [7, 11) is 0. The maximum absolute atomic E-state index is 13.0. The molecule has 144 valence electrons. The summed E-state index contributed by atoms with van der Waals surface area (Å²) in [5.74, 6) is -0.231. The fourth-order valence-electron chi connectivity index (χ4n) is 2.81. The van der Waals surface area contributed by atoms with Crippen molar-refractivity contribution in [3.63, 3.8) is 0 Å². The highest BCUT2D eigenvalue weighted by atomic mass is 35.5. The number of carbonyl (C=O) groups excluding carboxylic acids is 1. The minimum Gasteiger partial charge on any atom is -0.482 e. The van der Waals surface area contributed by atoms with Crippen molar-refractivity contribution in [2.45, 2.75) is 0 Å². The molecular formula is C23H15ClO5. The van der Waals surface area contributed by atoms with Gasteiger partial charge in [-0.25, -0.2) is 4.79 Å². The third kappa shape index (κ3) is 4.15. The molecule has 0 amide bonds. The van der Waals surface area contributed by atoms with E-state index in [0.29, 0.717) is 27.3 Å². The number of fused-ring (bicyclic) bond motifs is 1. The first-order valence-corrected chi connectivity index (χ1v) is 9.20. The summed E-state index contributed by atoms with van der Waals surface area (Å²) in [4.78, 5) is 25.4. The molecule has 3 aromatic carbocycles. The van der Waals surface area contributed by atoms with E-state index in [9.17, 15) is 9.59 Å². The van der Waals surface area contributed by atoms with Crippen molar-refractivity contribution in [2.24, 2.45) is 0 Å². The van der Waals surface area contributed by atoms with Gasteiger partial charge in [-0.3, -0.25) is 4.79 Å². The van der Waals surface area contributed by atoms with Crippen molar-refractivity contribution in [1.29, 1.82) is 0 Å². The number of rotatable bonds is 5. The van der Waals surface area contributed by atoms with Crippen LogP contribution in [-0.2, 0) is 4.79 Å². The van der Waals surface area contributed by atoms with Crippen LogP contribution in [0.15, 0.2) is 88.1 Å². The Hall–Kier alpha value is -3.57. The van der Waals surface area contributed by atoms with E-state index in [-0.39, 0.29) is 18.1 Å². The normalized spacial score (nSPS) is 10.7. The van der Waals surface area contributed by atoms with E-state index in [1.807, 2.05) is 6.07 Å². The average Bonchev–Trinajstić information content (AvgIpc) is 2.75. The van der Waals surface area contributed by atoms with Gasteiger partial charge in [0.2, 0.25) is 11.2 Å². The Morgan fingerprint density at radius 1 is 0.897 bits per heavy atom. The molecule has 1 heterocycles. The topological polar surface area (TPSA) is 65.7 Å². The molecule has 0 N–H and O–H groups in total. The standard InChI is InChI=1S/C23H15ClO5/c24-16-12-10-15(11-13-16)22-23(21(26)18-8-4-5-9-19(18)28-22)29-20(25)14-27-17-6-2-1-3-7-17/h1-13H,14H2. The van der Waals surface area contributed by atoms with Crippen molar-refractivity contribution >= 4 is 28.5 Å². The van der Waals surface area contributed by atoms with Crippen LogP contribution in [0.25, 0.3) is 22.3 Å². The maximum atomic E-state index is 13.0. The molecule has 0 bridgehead atoms. The van der Waals surface area contributed by atoms with Gasteiger partial charge in [-0.2, -0.15) is 0 Å². The van der Waals surface area contributed by atoms with Crippen LogP contribution in [-0.4, -0.2) is 12.6 Å². The van der Waals surface area contributed by atoms with Crippen LogP contribution in [0, 0.1) is 0 Å². The highest BCUT2D eigenvalue weighted by Gasteiger charge is 2.20. The molecular weight excluding hydrogens is 392 g/mol. The molecule has 0 saturated carbocycles. The summed E-state index contributed by atoms with van der Waals surface area (Å²) in [5, 5.41) is 0.851. The van der Waals surface area contributed by atoms with Crippen molar-refractivity contribution in [3.05, 3.63) is 94.1 Å². The average molecular weight is 407 g/mol. The predicted molar refractivity (Wildman–Crippen MR) is 111 cm³/mol. The molecule has 1 aromatic heterocycles. The SMILES string of the molecule is O=C(COc1ccccc1)Oc1c(-c2ccc(Cl)cc2)oc2ccccc2c1=O. The molecule has 6 heteroatoms. The highest BCUT2D eigenvalue weighted by Crippen LogP contribution is 2.31. The van der Waals surface area contributed by atoms with Crippen molar-refractivity contribution < 1.29 is 18.7 Å². The number of carbonyl (C=O) groups is 1. The van der Waals surface area contributed by atoms with Gasteiger partial charge >= 0.3 is 5.97 Å². The summed E-state index contributed by atoms with van der Waals surface area (Å²) >= 11 is 5.95. The van der Waals surface area contributed by atoms with E-state index in [0.717, 1.165) is 0 Å². The van der Waals surface area contributed by atoms with Crippen LogP contribution in [0.1, 0.15) is 0 Å². The van der Waals surface area contributed by atoms with Gasteiger partial charge in [0.05, 0.1) is 5.39 Å². The molecule has 0 aliphatic carbocycles. The number of hydrogen-bond acceptors (Lipinski definition) is 5. The summed E-state index contributed by atoms with van der Waals surface area (Å²) in [5.41, 5.74) is 0.511. The lowest BCUT2D eigenvalue weighted by Crippen LogP contribution is -2.21. The van der Waals surface area contributed by atoms with Gasteiger partial charge in [0.1, 0.15) is 11.3 Å². The minimum absolute atomic E-state index is 0.151. The predicted octanol–water partition coefficient (Wildman–Crippen LogP) is 5.10. The number of benzene rings is 3. The molecule has 0 saturated heterocycles. The molecule has 4 aromatic rings. The van der Waals surface area contributed by atoms with Gasteiger partial charge in [-0.1, -0.05) is 41.9 Å². The lowest BCUT2D eigenvalue weighted by atomic mass is 10.1. The molecule has 5 nitrogen and oxygen atoms in total. The van der Waals surface area contributed by atoms with Crippen molar-refractivity contribution in [3.8, 4) is 22.8 Å². The molecule has 0 atom stereocenters. The fourth-order valence-corrected chi connectivity index (χ4v) is 2.94. The monoisotopic (exact) mass is 406 g/mol. The summed E-state index contributed by atoms with van der Waals surface area (Å²) in [6.45, 7) is -0.351. The third-order valence-electron chi connectivity index (χ3n) is 4.18. The van der Waals surface area contributed by atoms with Crippen LogP contribution in [0.3, 0.4) is 0 Å². The maximum Gasteiger partial charge on any atom is 0.349 e. The lowest BCUT2D eigenvalue weighted by molar-refractivity contribution is -0.136. The van der Waals surface area contributed by atoms with Crippen LogP contribution in [0.2, 0.25) is 5.02 Å². The van der Waals surface area contributed by atoms with Crippen LogP contribution in [0.5, 0.6) is 11.5 Å². The van der Waals surface area contributed by atoms with Crippen LogP contribution >= 0.6 is 11.6 Å². The van der Waals surface area contributed by atoms with Crippen LogP contribution < -0.4 is 14.9 Å². The largest absolute Gasteiger partial charge is 0.482 e. The zero-order valence-corrected chi connectivity index (χ0v) is 15.9. The Bertz CT molecular complexity index is 1210. The highest BCUT2D eigenvalue weighted by molar-refractivity contribution is 6.30. The van der Waals surface area contributed by atoms with Gasteiger partial charge in [-0.05, 0) is 48.5 Å². The van der Waals surface area contributed by atoms with E-state index in [1.54, 1.807) is 72.8 Å². The molecule has 4 rings (SSSR count). The van der Waals surface area contributed by atoms with E-state index >= 15 is 0 Å². The molecule has 0 aliphatic heterocycles. The number of halogens is 1. The van der Waals surface area contributed by atoms with Crippen molar-refractivity contribution in [2.75, 3.05) is 6.61 Å². The van der Waals surface area contributed by atoms with Crippen molar-refractivity contribution in [1.82, 2.24) is 0 Å². The Morgan fingerprint density at radius 2 is 1.59 bits per heavy atom. The summed E-state index contributed by atoms with van der Waals surface area (Å²) < 4.78 is 16.7. The lowest BCUT2D eigenvalue weighted by Gasteiger charge is -2.11. The van der Waals surface area contributed by atoms with Gasteiger partial charge < -0.3 is 13.9 Å². The third-order valence-corrected chi connectivity index (χ3v) is 4.43. The van der Waals surface area contributed by atoms with Gasteiger partial charge in [0, 0.05) is 10.6 Å². The summed E-state index contributed by atoms with van der Waals surface area (Å²) in [6.07, 6.45) is 0. The molecule has 0 spiro atoms. The summed E-state index contributed by atoms with van der Waals surface area (Å²) in [6, 6.07) is 22.3. The number of para-hydroxylation sites is 2. The number of hydrogen-bond donors (Lipinski definition) is 0. The van der Waals surface area contributed by atoms with E-state index in [4.69, 9.17) is 25.5 Å². The number of esters is 1. The second-order valence-corrected chi connectivity index (χ2v) is 6.60. The number of ether oxygens (including phenoxy) is 2. The second-order valence-electron chi connectivity index (χ2n) is 6.17. The Morgan fingerprint density at radius 3 is 2.34 bits per heavy atom. The molecule has 0 radical (unpaired) electrons. The Balaban J connectivity index is 1.70. The molecule has 0 aliphatic rings. The van der Waals surface area contributed by atoms with Crippen LogP contribution in [0.4, 0.5) is 0 Å². The van der Waals surface area contributed by atoms with E-state index in [2.05, 4.69) is 0 Å². The van der Waals surface area contributed by atoms with E-state index < -0.39 is 11.4 Å². The second kappa shape index (κ2) is 8.20. The minimum atomic E-state index is -0.716. The van der Waals surface area contributed by atoms with Gasteiger partial charge in [0.15, 0.2) is 12.4 Å².